The summed E-state index contributed by atoms with van der Waals surface area (Å²) in [7, 11) is 0.382. The van der Waals surface area contributed by atoms with Gasteiger partial charge < -0.3 is 10.5 Å². The van der Waals surface area contributed by atoms with Crippen molar-refractivity contribution in [2.75, 3.05) is 12.9 Å². The van der Waals surface area contributed by atoms with Crippen LogP contribution in [0.25, 0.3) is 11.1 Å². The number of hydrogen-bond acceptors (Lipinski definition) is 3. The first kappa shape index (κ1) is 15.3. The Labute approximate surface area is 126 Å². The fourth-order valence-electron chi connectivity index (χ4n) is 2.06. The van der Waals surface area contributed by atoms with Crippen LogP contribution in [0.4, 0.5) is 0 Å². The second-order valence-electron chi connectivity index (χ2n) is 4.59. The summed E-state index contributed by atoms with van der Waals surface area (Å²) in [5.74, 6) is 0.491. The molecule has 0 saturated carbocycles. The molecule has 2 aromatic rings. The molecule has 110 valence electrons. The quantitative estimate of drug-likeness (QED) is 0.888. The molecule has 0 radical (unpaired) electrons. The van der Waals surface area contributed by atoms with Gasteiger partial charge in [0.05, 0.1) is 7.11 Å². The SMILES string of the molecule is COc1ccccc1-c1ccc(CS(=O)CC(N)=O)cc1. The van der Waals surface area contributed by atoms with Gasteiger partial charge >= 0.3 is 0 Å². The van der Waals surface area contributed by atoms with Gasteiger partial charge in [-0.2, -0.15) is 0 Å². The Balaban J connectivity index is 2.15. The fourth-order valence-corrected chi connectivity index (χ4v) is 3.04. The van der Waals surface area contributed by atoms with Crippen molar-refractivity contribution in [3.05, 3.63) is 54.1 Å². The second-order valence-corrected chi connectivity index (χ2v) is 6.05. The molecule has 0 aromatic heterocycles. The van der Waals surface area contributed by atoms with Crippen molar-refractivity contribution in [2.24, 2.45) is 5.73 Å². The van der Waals surface area contributed by atoms with Crippen LogP contribution in [-0.4, -0.2) is 23.0 Å². The van der Waals surface area contributed by atoms with E-state index in [1.165, 1.54) is 0 Å². The molecule has 2 N–H and O–H groups in total. The molecule has 0 aliphatic rings. The molecule has 1 unspecified atom stereocenters. The maximum atomic E-state index is 11.7. The molecule has 0 spiro atoms. The number of ether oxygens (including phenoxy) is 1. The minimum absolute atomic E-state index is 0.103. The van der Waals surface area contributed by atoms with E-state index in [2.05, 4.69) is 0 Å². The van der Waals surface area contributed by atoms with Crippen molar-refractivity contribution in [1.82, 2.24) is 0 Å². The maximum absolute atomic E-state index is 11.7. The second kappa shape index (κ2) is 7.04. The highest BCUT2D eigenvalue weighted by atomic mass is 32.2. The van der Waals surface area contributed by atoms with Crippen LogP contribution in [0.3, 0.4) is 0 Å². The number of carbonyl (C=O) groups excluding carboxylic acids is 1. The zero-order chi connectivity index (χ0) is 15.2. The number of benzene rings is 2. The molecule has 21 heavy (non-hydrogen) atoms. The highest BCUT2D eigenvalue weighted by molar-refractivity contribution is 7.84. The molecule has 4 nitrogen and oxygen atoms in total. The largest absolute Gasteiger partial charge is 0.496 e. The molecule has 0 aliphatic carbocycles. The van der Waals surface area contributed by atoms with Crippen LogP contribution >= 0.6 is 0 Å². The van der Waals surface area contributed by atoms with E-state index >= 15 is 0 Å². The Bertz CT molecular complexity index is 653. The third kappa shape index (κ3) is 4.16. The van der Waals surface area contributed by atoms with Gasteiger partial charge in [-0.1, -0.05) is 42.5 Å². The van der Waals surface area contributed by atoms with Crippen molar-refractivity contribution < 1.29 is 13.7 Å². The first-order valence-electron chi connectivity index (χ1n) is 6.46. The number of para-hydroxylation sites is 1. The smallest absolute Gasteiger partial charge is 0.230 e. The molecule has 2 rings (SSSR count). The molecule has 0 saturated heterocycles. The zero-order valence-corrected chi connectivity index (χ0v) is 12.6. The molecule has 0 fully saturated rings. The van der Waals surface area contributed by atoms with Crippen molar-refractivity contribution in [3.8, 4) is 16.9 Å². The van der Waals surface area contributed by atoms with Gasteiger partial charge in [0.2, 0.25) is 5.91 Å². The molecule has 0 aliphatic heterocycles. The molecule has 1 amide bonds. The van der Waals surface area contributed by atoms with Gasteiger partial charge in [-0.15, -0.1) is 0 Å². The predicted molar refractivity (Wildman–Crippen MR) is 84.3 cm³/mol. The lowest BCUT2D eigenvalue weighted by molar-refractivity contribution is -0.115. The lowest BCUT2D eigenvalue weighted by Gasteiger charge is -2.09. The van der Waals surface area contributed by atoms with Gasteiger partial charge in [-0.25, -0.2) is 0 Å². The highest BCUT2D eigenvalue weighted by Gasteiger charge is 2.07. The van der Waals surface area contributed by atoms with E-state index in [9.17, 15) is 9.00 Å². The summed E-state index contributed by atoms with van der Waals surface area (Å²) >= 11 is 0. The first-order valence-corrected chi connectivity index (χ1v) is 7.94. The van der Waals surface area contributed by atoms with Crippen molar-refractivity contribution >= 4 is 16.7 Å². The highest BCUT2D eigenvalue weighted by Crippen LogP contribution is 2.29. The third-order valence-corrected chi connectivity index (χ3v) is 4.26. The van der Waals surface area contributed by atoms with Crippen LogP contribution in [0, 0.1) is 0 Å². The predicted octanol–water partition coefficient (Wildman–Crippen LogP) is 2.10. The fraction of sp³-hybridized carbons (Fsp3) is 0.188. The van der Waals surface area contributed by atoms with E-state index in [-0.39, 0.29) is 5.75 Å². The minimum atomic E-state index is -1.26. The molecular weight excluding hydrogens is 286 g/mol. The summed E-state index contributed by atoms with van der Waals surface area (Å²) in [5, 5.41) is 0. The Hall–Kier alpha value is -2.14. The Kier molecular flexibility index (Phi) is 5.11. The monoisotopic (exact) mass is 303 g/mol. The zero-order valence-electron chi connectivity index (χ0n) is 11.7. The van der Waals surface area contributed by atoms with Crippen molar-refractivity contribution in [2.45, 2.75) is 5.75 Å². The van der Waals surface area contributed by atoms with E-state index in [1.54, 1.807) is 7.11 Å². The van der Waals surface area contributed by atoms with Crippen molar-refractivity contribution in [1.29, 1.82) is 0 Å². The number of hydrogen-bond donors (Lipinski definition) is 1. The van der Waals surface area contributed by atoms with Crippen LogP contribution in [-0.2, 0) is 21.3 Å². The average Bonchev–Trinajstić information content (AvgIpc) is 2.47. The van der Waals surface area contributed by atoms with Gasteiger partial charge in [-0.05, 0) is 17.2 Å². The number of rotatable bonds is 6. The molecule has 5 heteroatoms. The van der Waals surface area contributed by atoms with Gasteiger partial charge in [0, 0.05) is 22.1 Å². The molecule has 0 bridgehead atoms. The first-order chi connectivity index (χ1) is 10.1. The maximum Gasteiger partial charge on any atom is 0.230 e. The number of primary amides is 1. The van der Waals surface area contributed by atoms with E-state index in [0.717, 1.165) is 22.4 Å². The summed E-state index contributed by atoms with van der Waals surface area (Å²) in [6, 6.07) is 15.5. The van der Waals surface area contributed by atoms with Crippen LogP contribution < -0.4 is 10.5 Å². The van der Waals surface area contributed by atoms with Crippen molar-refractivity contribution in [3.63, 3.8) is 0 Å². The summed E-state index contributed by atoms with van der Waals surface area (Å²) < 4.78 is 17.0. The number of carbonyl (C=O) groups is 1. The standard InChI is InChI=1S/C16H17NO3S/c1-20-15-5-3-2-4-14(15)13-8-6-12(7-9-13)10-21(19)11-16(17)18/h2-9H,10-11H2,1H3,(H2,17,18). The molecular formula is C16H17NO3S. The Morgan fingerprint density at radius 1 is 1.14 bits per heavy atom. The third-order valence-electron chi connectivity index (χ3n) is 3.00. The van der Waals surface area contributed by atoms with E-state index in [1.807, 2.05) is 48.5 Å². The van der Waals surface area contributed by atoms with E-state index in [4.69, 9.17) is 10.5 Å². The summed E-state index contributed by atoms with van der Waals surface area (Å²) in [5.41, 5.74) is 7.97. The normalized spacial score (nSPS) is 11.9. The van der Waals surface area contributed by atoms with Gasteiger partial charge in [0.15, 0.2) is 0 Å². The molecule has 0 heterocycles. The van der Waals surface area contributed by atoms with Crippen LogP contribution in [0.5, 0.6) is 5.75 Å². The van der Waals surface area contributed by atoms with E-state index < -0.39 is 16.7 Å². The Morgan fingerprint density at radius 2 is 1.81 bits per heavy atom. The lowest BCUT2D eigenvalue weighted by Crippen LogP contribution is -2.20. The van der Waals surface area contributed by atoms with Gasteiger partial charge in [-0.3, -0.25) is 9.00 Å². The van der Waals surface area contributed by atoms with Crippen LogP contribution in [0.1, 0.15) is 5.56 Å². The topological polar surface area (TPSA) is 69.4 Å². The molecule has 1 atom stereocenters. The lowest BCUT2D eigenvalue weighted by atomic mass is 10.0. The molecule has 2 aromatic carbocycles. The van der Waals surface area contributed by atoms with Crippen LogP contribution in [0.15, 0.2) is 48.5 Å². The number of amides is 1. The summed E-state index contributed by atoms with van der Waals surface area (Å²) in [4.78, 5) is 10.7. The number of methoxy groups -OCH3 is 1. The minimum Gasteiger partial charge on any atom is -0.496 e. The summed E-state index contributed by atoms with van der Waals surface area (Å²) in [6.45, 7) is 0. The Morgan fingerprint density at radius 3 is 2.43 bits per heavy atom. The van der Waals surface area contributed by atoms with Gasteiger partial charge in [0.25, 0.3) is 0 Å². The average molecular weight is 303 g/mol. The van der Waals surface area contributed by atoms with Crippen LogP contribution in [0.2, 0.25) is 0 Å². The van der Waals surface area contributed by atoms with Gasteiger partial charge in [0.1, 0.15) is 11.5 Å². The summed E-state index contributed by atoms with van der Waals surface area (Å²) in [6.07, 6.45) is 0. The van der Waals surface area contributed by atoms with E-state index in [0.29, 0.717) is 5.75 Å². The number of nitrogens with two attached hydrogens (primary N) is 1.